The predicted molar refractivity (Wildman–Crippen MR) is 128 cm³/mol. The largest absolute Gasteiger partial charge is 0.507 e. The van der Waals surface area contributed by atoms with Crippen molar-refractivity contribution >= 4 is 60.2 Å². The van der Waals surface area contributed by atoms with Crippen LogP contribution in [-0.2, 0) is 20.2 Å². The number of para-hydroxylation sites is 1. The molecule has 0 radical (unpaired) electrons. The molecular weight excluding hydrogens is 534 g/mol. The molecule has 0 amide bonds. The van der Waals surface area contributed by atoms with Crippen LogP contribution in [0.25, 0.3) is 10.8 Å². The van der Waals surface area contributed by atoms with E-state index in [0.717, 1.165) is 18.2 Å². The molecule has 0 aliphatic rings. The number of H-pyrrole nitrogens is 1. The average Bonchev–Trinajstić information content (AvgIpc) is 2.77. The van der Waals surface area contributed by atoms with Crippen LogP contribution in [0, 0.1) is 0 Å². The Morgan fingerprint density at radius 3 is 2.11 bits per heavy atom. The van der Waals surface area contributed by atoms with Gasteiger partial charge in [0.1, 0.15) is 5.75 Å². The molecule has 0 spiro atoms. The Hall–Kier alpha value is -4.58. The summed E-state index contributed by atoms with van der Waals surface area (Å²) in [5.41, 5.74) is -1.30. The van der Waals surface area contributed by atoms with Gasteiger partial charge in [0, 0.05) is 11.5 Å². The van der Waals surface area contributed by atoms with Gasteiger partial charge in [-0.15, -0.1) is 0 Å². The van der Waals surface area contributed by atoms with E-state index in [4.69, 9.17) is 0 Å². The summed E-state index contributed by atoms with van der Waals surface area (Å²) in [5, 5.41) is 24.5. The van der Waals surface area contributed by atoms with Gasteiger partial charge in [0.05, 0.1) is 26.7 Å². The van der Waals surface area contributed by atoms with Crippen LogP contribution >= 0.6 is 0 Å². The molecule has 3 aromatic carbocycles. The summed E-state index contributed by atoms with van der Waals surface area (Å²) in [5.74, 6) is -2.69. The molecule has 7 N–H and O–H groups in total. The van der Waals surface area contributed by atoms with Crippen LogP contribution in [0.2, 0.25) is 0 Å². The number of rotatable bonds is 7. The van der Waals surface area contributed by atoms with Gasteiger partial charge in [-0.1, -0.05) is 12.1 Å². The van der Waals surface area contributed by atoms with Crippen LogP contribution in [0.15, 0.2) is 63.1 Å². The van der Waals surface area contributed by atoms with Gasteiger partial charge in [0.25, 0.3) is 20.2 Å². The van der Waals surface area contributed by atoms with Gasteiger partial charge in [-0.25, -0.2) is 9.59 Å². The van der Waals surface area contributed by atoms with Crippen molar-refractivity contribution in [2.75, 3.05) is 10.6 Å². The van der Waals surface area contributed by atoms with Crippen molar-refractivity contribution in [3.8, 4) is 5.75 Å². The van der Waals surface area contributed by atoms with Gasteiger partial charge < -0.3 is 20.8 Å². The van der Waals surface area contributed by atoms with Crippen LogP contribution in [0.3, 0.4) is 0 Å². The van der Waals surface area contributed by atoms with Crippen LogP contribution in [-0.4, -0.2) is 57.1 Å². The molecule has 4 rings (SSSR count). The number of hydrogen-bond acceptors (Lipinski definition) is 11. The quantitative estimate of drug-likeness (QED) is 0.162. The van der Waals surface area contributed by atoms with Gasteiger partial charge in [-0.3, -0.25) is 14.1 Å². The highest BCUT2D eigenvalue weighted by molar-refractivity contribution is 7.86. The number of hydrogen-bond donors (Lipinski definition) is 7. The van der Waals surface area contributed by atoms with Crippen LogP contribution < -0.4 is 16.3 Å². The Labute approximate surface area is 207 Å². The lowest BCUT2D eigenvalue weighted by Crippen LogP contribution is -2.17. The van der Waals surface area contributed by atoms with Crippen molar-refractivity contribution < 1.29 is 40.9 Å². The number of aromatic nitrogens is 3. The summed E-state index contributed by atoms with van der Waals surface area (Å²) in [6, 6.07) is 8.98. The number of nitrogens with zero attached hydrogens (tertiary/aromatic N) is 2. The minimum Gasteiger partial charge on any atom is -0.507 e. The average molecular weight is 549 g/mol. The van der Waals surface area contributed by atoms with E-state index in [1.54, 1.807) is 0 Å². The second-order valence-corrected chi connectivity index (χ2v) is 10.2. The minimum atomic E-state index is -4.85. The molecule has 0 aliphatic heterocycles. The number of phenols is 1. The molecule has 17 heteroatoms. The zero-order valence-corrected chi connectivity index (χ0v) is 19.7. The summed E-state index contributed by atoms with van der Waals surface area (Å²) < 4.78 is 65.5. The molecule has 0 fully saturated rings. The highest BCUT2D eigenvalue weighted by Gasteiger charge is 2.20. The maximum absolute atomic E-state index is 12.1. The Bertz CT molecular complexity index is 1850. The Balaban J connectivity index is 1.85. The maximum Gasteiger partial charge on any atom is 0.351 e. The third kappa shape index (κ3) is 5.48. The van der Waals surface area contributed by atoms with E-state index in [1.807, 2.05) is 0 Å². The van der Waals surface area contributed by atoms with Gasteiger partial charge in [-0.2, -0.15) is 26.8 Å². The summed E-state index contributed by atoms with van der Waals surface area (Å²) in [6.45, 7) is 0. The Morgan fingerprint density at radius 2 is 1.49 bits per heavy atom. The fourth-order valence-corrected chi connectivity index (χ4v) is 4.44. The number of phenolic OH excluding ortho intramolecular Hbond substituents is 1. The van der Waals surface area contributed by atoms with Crippen molar-refractivity contribution in [2.24, 2.45) is 0 Å². The van der Waals surface area contributed by atoms with E-state index in [-0.39, 0.29) is 39.6 Å². The molecule has 0 atom stereocenters. The number of aromatic carboxylic acids is 1. The molecule has 0 unspecified atom stereocenters. The first-order chi connectivity index (χ1) is 17.2. The molecule has 1 aromatic heterocycles. The number of carboxylic acids is 1. The van der Waals surface area contributed by atoms with Crippen molar-refractivity contribution in [1.82, 2.24) is 15.0 Å². The molecule has 37 heavy (non-hydrogen) atoms. The number of carboxylic acid groups (broad SMARTS) is 1. The zero-order valence-electron chi connectivity index (χ0n) is 18.1. The molecular formula is C20H15N5O10S2. The minimum absolute atomic E-state index is 0.0563. The number of carbonyl (C=O) groups is 1. The van der Waals surface area contributed by atoms with Gasteiger partial charge >= 0.3 is 11.7 Å². The number of aromatic amines is 1. The van der Waals surface area contributed by atoms with E-state index >= 15 is 0 Å². The van der Waals surface area contributed by atoms with E-state index in [0.29, 0.717) is 6.07 Å². The standard InChI is InChI=1S/C20H15N5O10S2/c26-15-8-11(37(33,34)35)6-9-5-10(36(30,31)32)7-14(16(9)15)22-19-23-18(24-20(29)25-19)21-13-4-2-1-3-12(13)17(27)28/h1-8,26H,(H,27,28)(H,30,31,32)(H,33,34,35)(H3,21,22,23,24,25,29). The lowest BCUT2D eigenvalue weighted by atomic mass is 10.1. The molecule has 0 saturated carbocycles. The highest BCUT2D eigenvalue weighted by atomic mass is 32.2. The zero-order chi connectivity index (χ0) is 27.1. The topological polar surface area (TPSA) is 249 Å². The summed E-state index contributed by atoms with van der Waals surface area (Å²) in [7, 11) is -9.64. The van der Waals surface area contributed by atoms with Crippen LogP contribution in [0.1, 0.15) is 10.4 Å². The van der Waals surface area contributed by atoms with E-state index < -0.39 is 47.4 Å². The summed E-state index contributed by atoms with van der Waals surface area (Å²) in [6.07, 6.45) is 0. The monoisotopic (exact) mass is 549 g/mol. The number of nitrogens with one attached hydrogen (secondary N) is 3. The van der Waals surface area contributed by atoms with Crippen molar-refractivity contribution in [3.05, 3.63) is 64.6 Å². The molecule has 192 valence electrons. The summed E-state index contributed by atoms with van der Waals surface area (Å²) in [4.78, 5) is 31.9. The molecule has 0 bridgehead atoms. The number of anilines is 4. The predicted octanol–water partition coefficient (Wildman–Crippen LogP) is 1.70. The normalized spacial score (nSPS) is 11.8. The molecule has 0 aliphatic carbocycles. The van der Waals surface area contributed by atoms with Gasteiger partial charge in [0.15, 0.2) is 0 Å². The fraction of sp³-hybridized carbons (Fsp3) is 0. The Kier molecular flexibility index (Phi) is 6.30. The van der Waals surface area contributed by atoms with E-state index in [1.165, 1.54) is 24.3 Å². The van der Waals surface area contributed by atoms with Crippen LogP contribution in [0.4, 0.5) is 23.3 Å². The van der Waals surface area contributed by atoms with Gasteiger partial charge in [-0.05, 0) is 35.7 Å². The first kappa shape index (κ1) is 25.5. The van der Waals surface area contributed by atoms with E-state index in [2.05, 4.69) is 25.6 Å². The maximum atomic E-state index is 12.1. The highest BCUT2D eigenvalue weighted by Crippen LogP contribution is 2.37. The number of benzene rings is 3. The summed E-state index contributed by atoms with van der Waals surface area (Å²) >= 11 is 0. The van der Waals surface area contributed by atoms with E-state index in [9.17, 15) is 45.7 Å². The first-order valence-corrected chi connectivity index (χ1v) is 12.7. The SMILES string of the molecule is O=C(O)c1ccccc1Nc1nc(Nc2cc(S(=O)(=O)O)cc3cc(S(=O)(=O)O)cc(O)c23)[nH]c(=O)n1. The van der Waals surface area contributed by atoms with Gasteiger partial charge in [0.2, 0.25) is 11.9 Å². The molecule has 4 aromatic rings. The molecule has 0 saturated heterocycles. The molecule has 1 heterocycles. The van der Waals surface area contributed by atoms with Crippen LogP contribution in [0.5, 0.6) is 5.75 Å². The second kappa shape index (κ2) is 9.13. The molecule has 15 nitrogen and oxygen atoms in total. The first-order valence-electron chi connectivity index (χ1n) is 9.83. The smallest absolute Gasteiger partial charge is 0.351 e. The Morgan fingerprint density at radius 1 is 0.865 bits per heavy atom. The second-order valence-electron chi connectivity index (χ2n) is 7.39. The third-order valence-electron chi connectivity index (χ3n) is 4.88. The lowest BCUT2D eigenvalue weighted by Gasteiger charge is -2.14. The van der Waals surface area contributed by atoms with Crippen molar-refractivity contribution in [3.63, 3.8) is 0 Å². The third-order valence-corrected chi connectivity index (χ3v) is 6.54. The number of fused-ring (bicyclic) bond motifs is 1. The van der Waals surface area contributed by atoms with Crippen molar-refractivity contribution in [1.29, 1.82) is 0 Å². The fourth-order valence-electron chi connectivity index (χ4n) is 3.36. The lowest BCUT2D eigenvalue weighted by molar-refractivity contribution is 0.0698. The number of aromatic hydroxyl groups is 1. The van der Waals surface area contributed by atoms with Crippen molar-refractivity contribution in [2.45, 2.75) is 9.79 Å².